The van der Waals surface area contributed by atoms with E-state index in [-0.39, 0.29) is 23.3 Å². The highest BCUT2D eigenvalue weighted by atomic mass is 35.5. The molecule has 0 aromatic carbocycles. The standard InChI is InChI=1S/C22H33ClN7O3/c1-12(2)27(13(3)4)8-9-28-17-19(23)25-21(24)26-20(17)29(22(28)31)11-16-15(6)18(33-7)14(5)10-30(16)32/h10,12-13,32H,8-9,11H2,1-7H3,(H2,24,25,26)/q+1. The minimum atomic E-state index is -0.307. The van der Waals surface area contributed by atoms with Crippen LogP contribution in [0.1, 0.15) is 44.5 Å². The minimum Gasteiger partial charge on any atom is -0.496 e. The number of rotatable bonds is 8. The van der Waals surface area contributed by atoms with Crippen molar-refractivity contribution < 1.29 is 14.7 Å². The fraction of sp³-hybridized carbons (Fsp3) is 0.545. The zero-order valence-corrected chi connectivity index (χ0v) is 21.0. The van der Waals surface area contributed by atoms with Crippen molar-refractivity contribution >= 4 is 28.7 Å². The van der Waals surface area contributed by atoms with Crippen molar-refractivity contribution in [3.05, 3.63) is 38.7 Å². The van der Waals surface area contributed by atoms with E-state index in [2.05, 4.69) is 42.6 Å². The fourth-order valence-corrected chi connectivity index (χ4v) is 4.71. The average molecular weight is 479 g/mol. The van der Waals surface area contributed by atoms with Crippen LogP contribution in [0.3, 0.4) is 0 Å². The molecular formula is C22H33ClN7O3+. The lowest BCUT2D eigenvalue weighted by molar-refractivity contribution is -0.910. The van der Waals surface area contributed by atoms with E-state index in [1.54, 1.807) is 17.9 Å². The third kappa shape index (κ3) is 4.63. The van der Waals surface area contributed by atoms with Crippen LogP contribution in [0.25, 0.3) is 11.2 Å². The minimum absolute atomic E-state index is 0.0283. The average Bonchev–Trinajstić information content (AvgIpc) is 2.96. The smallest absolute Gasteiger partial charge is 0.330 e. The summed E-state index contributed by atoms with van der Waals surface area (Å²) in [6, 6.07) is 0.625. The van der Waals surface area contributed by atoms with E-state index < -0.39 is 0 Å². The van der Waals surface area contributed by atoms with Crippen LogP contribution in [0.15, 0.2) is 11.0 Å². The van der Waals surface area contributed by atoms with Gasteiger partial charge in [0.2, 0.25) is 12.1 Å². The van der Waals surface area contributed by atoms with Crippen LogP contribution >= 0.6 is 11.6 Å². The number of nitrogen functional groups attached to an aromatic ring is 1. The van der Waals surface area contributed by atoms with Gasteiger partial charge in [-0.3, -0.25) is 19.2 Å². The van der Waals surface area contributed by atoms with Gasteiger partial charge in [0.25, 0.3) is 5.69 Å². The monoisotopic (exact) mass is 478 g/mol. The quantitative estimate of drug-likeness (QED) is 0.289. The molecule has 33 heavy (non-hydrogen) atoms. The number of aryl methyl sites for hydroxylation is 1. The Bertz CT molecular complexity index is 1230. The fourth-order valence-electron chi connectivity index (χ4n) is 4.44. The van der Waals surface area contributed by atoms with Gasteiger partial charge in [0.15, 0.2) is 10.8 Å². The Labute approximate surface area is 198 Å². The maximum atomic E-state index is 13.6. The maximum absolute atomic E-state index is 13.6. The summed E-state index contributed by atoms with van der Waals surface area (Å²) in [5.74, 6) is 0.614. The predicted molar refractivity (Wildman–Crippen MR) is 127 cm³/mol. The number of hydrogen-bond donors (Lipinski definition) is 2. The molecule has 0 aliphatic rings. The molecule has 3 rings (SSSR count). The van der Waals surface area contributed by atoms with Crippen LogP contribution in [0, 0.1) is 13.8 Å². The lowest BCUT2D eigenvalue weighted by atomic mass is 10.1. The van der Waals surface area contributed by atoms with Crippen LogP contribution in [0.2, 0.25) is 5.15 Å². The van der Waals surface area contributed by atoms with Crippen molar-refractivity contribution in [3.63, 3.8) is 0 Å². The van der Waals surface area contributed by atoms with Crippen LogP contribution in [-0.2, 0) is 13.1 Å². The highest BCUT2D eigenvalue weighted by Gasteiger charge is 2.27. The van der Waals surface area contributed by atoms with Crippen molar-refractivity contribution in [1.82, 2.24) is 24.0 Å². The van der Waals surface area contributed by atoms with E-state index in [1.807, 2.05) is 13.8 Å². The van der Waals surface area contributed by atoms with Crippen molar-refractivity contribution in [3.8, 4) is 5.75 Å². The molecular weight excluding hydrogens is 446 g/mol. The number of hydrogen-bond acceptors (Lipinski definition) is 7. The molecule has 10 nitrogen and oxygen atoms in total. The molecule has 0 unspecified atom stereocenters. The Hall–Kier alpha value is -2.85. The first-order valence-corrected chi connectivity index (χ1v) is 11.3. The number of pyridine rings is 1. The van der Waals surface area contributed by atoms with E-state index >= 15 is 0 Å². The molecule has 0 atom stereocenters. The summed E-state index contributed by atoms with van der Waals surface area (Å²) in [6.07, 6.45) is 1.55. The molecule has 0 radical (unpaired) electrons. The lowest BCUT2D eigenvalue weighted by Crippen LogP contribution is -2.41. The predicted octanol–water partition coefficient (Wildman–Crippen LogP) is 2.15. The van der Waals surface area contributed by atoms with Gasteiger partial charge in [-0.05, 0) is 41.5 Å². The highest BCUT2D eigenvalue weighted by molar-refractivity contribution is 6.33. The molecule has 3 aromatic rings. The number of nitrogens with two attached hydrogens (primary N) is 1. The number of methoxy groups -OCH3 is 1. The van der Waals surface area contributed by atoms with Crippen LogP contribution in [0.5, 0.6) is 5.75 Å². The number of halogens is 1. The molecule has 0 amide bonds. The summed E-state index contributed by atoms with van der Waals surface area (Å²) in [4.78, 5) is 24.2. The van der Waals surface area contributed by atoms with Crippen molar-refractivity contribution in [2.24, 2.45) is 0 Å². The number of ether oxygens (including phenoxy) is 1. The summed E-state index contributed by atoms with van der Waals surface area (Å²) in [7, 11) is 1.57. The second kappa shape index (κ2) is 9.56. The Balaban J connectivity index is 2.17. The van der Waals surface area contributed by atoms with Gasteiger partial charge in [0.05, 0.1) is 18.2 Å². The second-order valence-electron chi connectivity index (χ2n) is 8.75. The summed E-state index contributed by atoms with van der Waals surface area (Å²) < 4.78 is 9.54. The number of anilines is 1. The molecule has 0 saturated carbocycles. The first kappa shape index (κ1) is 24.8. The van der Waals surface area contributed by atoms with Gasteiger partial charge in [-0.15, -0.1) is 0 Å². The maximum Gasteiger partial charge on any atom is 0.330 e. The number of nitrogens with zero attached hydrogens (tertiary/aromatic N) is 6. The first-order chi connectivity index (χ1) is 15.5. The van der Waals surface area contributed by atoms with Crippen LogP contribution in [-0.4, -0.2) is 54.9 Å². The summed E-state index contributed by atoms with van der Waals surface area (Å²) >= 11 is 6.43. The SMILES string of the molecule is COc1c(C)c[n+](O)c(Cn2c(=O)n(CCN(C(C)C)C(C)C)c3c(Cl)nc(N)nc32)c1C. The van der Waals surface area contributed by atoms with E-state index in [9.17, 15) is 10.0 Å². The molecule has 11 heteroatoms. The molecule has 0 fully saturated rings. The van der Waals surface area contributed by atoms with Crippen molar-refractivity contribution in [2.45, 2.75) is 66.7 Å². The zero-order valence-electron chi connectivity index (χ0n) is 20.3. The normalized spacial score (nSPS) is 12.0. The van der Waals surface area contributed by atoms with Gasteiger partial charge in [0.1, 0.15) is 17.8 Å². The highest BCUT2D eigenvalue weighted by Crippen LogP contribution is 2.25. The largest absolute Gasteiger partial charge is 0.496 e. The zero-order chi connectivity index (χ0) is 24.6. The molecule has 180 valence electrons. The molecule has 0 bridgehead atoms. The Morgan fingerprint density at radius 1 is 1.21 bits per heavy atom. The topological polar surface area (TPSA) is 115 Å². The third-order valence-corrected chi connectivity index (χ3v) is 6.24. The molecule has 3 heterocycles. The van der Waals surface area contributed by atoms with Gasteiger partial charge in [-0.2, -0.15) is 9.97 Å². The summed E-state index contributed by atoms with van der Waals surface area (Å²) in [5.41, 5.74) is 8.26. The molecule has 0 saturated heterocycles. The third-order valence-electron chi connectivity index (χ3n) is 5.97. The molecule has 0 aliphatic carbocycles. The summed E-state index contributed by atoms with van der Waals surface area (Å²) in [6.45, 7) is 13.3. The summed E-state index contributed by atoms with van der Waals surface area (Å²) in [5, 5.41) is 10.7. The molecule has 3 aromatic heterocycles. The Kier molecular flexibility index (Phi) is 7.18. The molecule has 3 N–H and O–H groups in total. The van der Waals surface area contributed by atoms with Crippen LogP contribution < -0.4 is 20.9 Å². The molecule has 0 spiro atoms. The Morgan fingerprint density at radius 3 is 2.42 bits per heavy atom. The van der Waals surface area contributed by atoms with Crippen molar-refractivity contribution in [2.75, 3.05) is 19.4 Å². The number of aromatic nitrogens is 5. The lowest BCUT2D eigenvalue weighted by Gasteiger charge is -2.30. The van der Waals surface area contributed by atoms with E-state index in [1.165, 1.54) is 4.57 Å². The van der Waals surface area contributed by atoms with Gasteiger partial charge in [-0.25, -0.2) is 4.79 Å². The van der Waals surface area contributed by atoms with Crippen molar-refractivity contribution in [1.29, 1.82) is 0 Å². The van der Waals surface area contributed by atoms with Gasteiger partial charge in [-0.1, -0.05) is 11.6 Å². The van der Waals surface area contributed by atoms with E-state index in [4.69, 9.17) is 22.1 Å². The first-order valence-electron chi connectivity index (χ1n) is 10.9. The van der Waals surface area contributed by atoms with Gasteiger partial charge < -0.3 is 10.5 Å². The van der Waals surface area contributed by atoms with Gasteiger partial charge in [0, 0.05) is 29.9 Å². The van der Waals surface area contributed by atoms with Crippen LogP contribution in [0.4, 0.5) is 5.95 Å². The Morgan fingerprint density at radius 2 is 1.85 bits per heavy atom. The number of imidazole rings is 1. The van der Waals surface area contributed by atoms with Gasteiger partial charge >= 0.3 is 5.69 Å². The van der Waals surface area contributed by atoms with E-state index in [0.29, 0.717) is 53.3 Å². The van der Waals surface area contributed by atoms with E-state index in [0.717, 1.165) is 10.3 Å². The molecule has 0 aliphatic heterocycles. The number of fused-ring (bicyclic) bond motifs is 1. The second-order valence-corrected chi connectivity index (χ2v) is 9.11.